The van der Waals surface area contributed by atoms with Gasteiger partial charge in [0, 0.05) is 60.4 Å². The second kappa shape index (κ2) is 9.71. The van der Waals surface area contributed by atoms with Crippen molar-refractivity contribution in [1.29, 1.82) is 0 Å². The van der Waals surface area contributed by atoms with Gasteiger partial charge in [-0.25, -0.2) is 9.37 Å². The molecular formula is C26H29ClFN5O2. The molecule has 7 nitrogen and oxygen atoms in total. The van der Waals surface area contributed by atoms with Gasteiger partial charge >= 0.3 is 0 Å². The van der Waals surface area contributed by atoms with E-state index in [-0.39, 0.29) is 24.1 Å². The van der Waals surface area contributed by atoms with Gasteiger partial charge in [-0.15, -0.1) is 12.4 Å². The Bertz CT molecular complexity index is 1340. The Labute approximate surface area is 209 Å². The number of aryl methyl sites for hydroxylation is 1. The molecule has 1 aliphatic rings. The number of imidazole rings is 1. The number of nitrogens with zero attached hydrogens (tertiary/aromatic N) is 4. The van der Waals surface area contributed by atoms with Crippen molar-refractivity contribution in [3.63, 3.8) is 0 Å². The summed E-state index contributed by atoms with van der Waals surface area (Å²) < 4.78 is 22.5. The van der Waals surface area contributed by atoms with Crippen molar-refractivity contribution >= 4 is 40.7 Å². The quantitative estimate of drug-likeness (QED) is 0.416. The summed E-state index contributed by atoms with van der Waals surface area (Å²) in [6.07, 6.45) is 6.72. The minimum atomic E-state index is -0.344. The van der Waals surface area contributed by atoms with Gasteiger partial charge in [-0.1, -0.05) is 0 Å². The normalized spacial score (nSPS) is 18.5. The van der Waals surface area contributed by atoms with Gasteiger partial charge in [-0.05, 0) is 57.6 Å². The Hall–Kier alpha value is -3.36. The number of hydrogen-bond acceptors (Lipinski definition) is 5. The molecule has 2 aromatic heterocycles. The van der Waals surface area contributed by atoms with Crippen molar-refractivity contribution in [2.45, 2.75) is 32.9 Å². The van der Waals surface area contributed by atoms with Crippen LogP contribution in [0.2, 0.25) is 0 Å². The molecule has 2 atom stereocenters. The standard InChI is InChI=1S/C26H28FN5O2.ClH/c1-16-9-19(5-6-23(16)31-8-7-28-15-31)29-26(33)21-14-34-25-11-22(27)24(10-20(21)25)32-12-17(2)30(4)18(3)13-32;/h5-11,14-15,17-18H,12-13H2,1-4H3,(H,29,33);1H/t17-,18+;. The fourth-order valence-corrected chi connectivity index (χ4v) is 4.68. The number of piperazine rings is 1. The van der Waals surface area contributed by atoms with Gasteiger partial charge < -0.3 is 19.2 Å². The van der Waals surface area contributed by atoms with E-state index in [1.807, 2.05) is 35.9 Å². The zero-order valence-electron chi connectivity index (χ0n) is 20.2. The number of aromatic nitrogens is 2. The lowest BCUT2D eigenvalue weighted by atomic mass is 10.1. The number of carbonyl (C=O) groups is 1. The Morgan fingerprint density at radius 3 is 2.54 bits per heavy atom. The molecule has 1 aliphatic heterocycles. The molecule has 184 valence electrons. The number of halogens is 2. The Balaban J connectivity index is 0.00000289. The zero-order chi connectivity index (χ0) is 24.0. The first kappa shape index (κ1) is 24.8. The maximum absolute atomic E-state index is 15.0. The third-order valence-electron chi connectivity index (χ3n) is 6.83. The summed E-state index contributed by atoms with van der Waals surface area (Å²) in [7, 11) is 2.09. The van der Waals surface area contributed by atoms with E-state index in [4.69, 9.17) is 4.42 Å². The lowest BCUT2D eigenvalue weighted by Crippen LogP contribution is -2.55. The molecule has 1 saturated heterocycles. The molecule has 3 heterocycles. The molecule has 0 saturated carbocycles. The smallest absolute Gasteiger partial charge is 0.259 e. The van der Waals surface area contributed by atoms with E-state index in [2.05, 4.69) is 41.0 Å². The predicted octanol–water partition coefficient (Wildman–Crippen LogP) is 5.27. The zero-order valence-corrected chi connectivity index (χ0v) is 21.0. The van der Waals surface area contributed by atoms with Crippen LogP contribution < -0.4 is 10.2 Å². The number of anilines is 2. The highest BCUT2D eigenvalue weighted by Gasteiger charge is 2.29. The summed E-state index contributed by atoms with van der Waals surface area (Å²) >= 11 is 0. The van der Waals surface area contributed by atoms with E-state index in [9.17, 15) is 9.18 Å². The number of likely N-dealkylation sites (N-methyl/N-ethyl adjacent to an activating group) is 1. The Morgan fingerprint density at radius 2 is 1.89 bits per heavy atom. The SMILES string of the molecule is Cc1cc(NC(=O)c2coc3cc(F)c(N4C[C@@H](C)N(C)[C@@H](C)C4)cc23)ccc1-n1ccnc1.Cl. The predicted molar refractivity (Wildman–Crippen MR) is 139 cm³/mol. The number of nitrogens with one attached hydrogen (secondary N) is 1. The van der Waals surface area contributed by atoms with Gasteiger partial charge in [0.25, 0.3) is 5.91 Å². The van der Waals surface area contributed by atoms with Gasteiger partial charge in [0.2, 0.25) is 0 Å². The largest absolute Gasteiger partial charge is 0.463 e. The van der Waals surface area contributed by atoms with Crippen molar-refractivity contribution in [1.82, 2.24) is 14.5 Å². The monoisotopic (exact) mass is 497 g/mol. The molecule has 0 spiro atoms. The fourth-order valence-electron chi connectivity index (χ4n) is 4.68. The number of carbonyl (C=O) groups excluding carboxylic acids is 1. The number of benzene rings is 2. The van der Waals surface area contributed by atoms with Crippen molar-refractivity contribution in [2.75, 3.05) is 30.4 Å². The number of hydrogen-bond donors (Lipinski definition) is 1. The number of rotatable bonds is 4. The number of fused-ring (bicyclic) bond motifs is 1. The molecule has 9 heteroatoms. The molecule has 2 aromatic carbocycles. The van der Waals surface area contributed by atoms with Crippen LogP contribution in [-0.4, -0.2) is 52.6 Å². The molecule has 35 heavy (non-hydrogen) atoms. The summed E-state index contributed by atoms with van der Waals surface area (Å²) in [4.78, 5) is 21.6. The van der Waals surface area contributed by atoms with Crippen molar-refractivity contribution in [2.24, 2.45) is 0 Å². The van der Waals surface area contributed by atoms with Crippen LogP contribution in [0, 0.1) is 12.7 Å². The van der Waals surface area contributed by atoms with Crippen LogP contribution in [-0.2, 0) is 0 Å². The minimum absolute atomic E-state index is 0. The highest BCUT2D eigenvalue weighted by atomic mass is 35.5. The van der Waals surface area contributed by atoms with E-state index in [0.29, 0.717) is 53.1 Å². The molecular weight excluding hydrogens is 469 g/mol. The van der Waals surface area contributed by atoms with E-state index in [0.717, 1.165) is 11.3 Å². The van der Waals surface area contributed by atoms with Crippen molar-refractivity contribution in [3.8, 4) is 5.69 Å². The van der Waals surface area contributed by atoms with Crippen LogP contribution in [0.25, 0.3) is 16.7 Å². The van der Waals surface area contributed by atoms with E-state index in [1.165, 1.54) is 12.3 Å². The fraction of sp³-hybridized carbons (Fsp3) is 0.308. The summed E-state index contributed by atoms with van der Waals surface area (Å²) in [6, 6.07) is 9.39. The van der Waals surface area contributed by atoms with Crippen molar-refractivity contribution in [3.05, 3.63) is 72.3 Å². The third kappa shape index (κ3) is 4.63. The van der Waals surface area contributed by atoms with Gasteiger partial charge in [0.15, 0.2) is 0 Å². The lowest BCUT2D eigenvalue weighted by Gasteiger charge is -2.43. The molecule has 1 fully saturated rings. The molecule has 1 amide bonds. The van der Waals surface area contributed by atoms with Crippen LogP contribution in [0.15, 0.2) is 59.7 Å². The molecule has 0 radical (unpaired) electrons. The molecule has 1 N–H and O–H groups in total. The van der Waals surface area contributed by atoms with Gasteiger partial charge in [-0.3, -0.25) is 9.69 Å². The first-order valence-corrected chi connectivity index (χ1v) is 11.4. The van der Waals surface area contributed by atoms with Crippen LogP contribution >= 0.6 is 12.4 Å². The summed E-state index contributed by atoms with van der Waals surface area (Å²) in [5.41, 5.74) is 3.88. The second-order valence-corrected chi connectivity index (χ2v) is 9.14. The van der Waals surface area contributed by atoms with E-state index < -0.39 is 0 Å². The summed E-state index contributed by atoms with van der Waals surface area (Å²) in [6.45, 7) is 7.67. The second-order valence-electron chi connectivity index (χ2n) is 9.14. The van der Waals surface area contributed by atoms with Crippen LogP contribution in [0.3, 0.4) is 0 Å². The molecule has 0 bridgehead atoms. The topological polar surface area (TPSA) is 66.5 Å². The number of amides is 1. The molecule has 4 aromatic rings. The minimum Gasteiger partial charge on any atom is -0.463 e. The van der Waals surface area contributed by atoms with Crippen molar-refractivity contribution < 1.29 is 13.6 Å². The summed E-state index contributed by atoms with van der Waals surface area (Å²) in [5.74, 6) is -0.644. The Kier molecular flexibility index (Phi) is 6.87. The molecule has 5 rings (SSSR count). The maximum atomic E-state index is 15.0. The highest BCUT2D eigenvalue weighted by molar-refractivity contribution is 6.12. The first-order chi connectivity index (χ1) is 16.3. The van der Waals surface area contributed by atoms with E-state index >= 15 is 0 Å². The van der Waals surface area contributed by atoms with Crippen LogP contribution in [0.4, 0.5) is 15.8 Å². The Morgan fingerprint density at radius 1 is 1.14 bits per heavy atom. The van der Waals surface area contributed by atoms with Gasteiger partial charge in [0.05, 0.1) is 17.6 Å². The summed E-state index contributed by atoms with van der Waals surface area (Å²) in [5, 5.41) is 3.54. The average molecular weight is 498 g/mol. The average Bonchev–Trinajstić information content (AvgIpc) is 3.46. The van der Waals surface area contributed by atoms with Crippen LogP contribution in [0.5, 0.6) is 0 Å². The van der Waals surface area contributed by atoms with Gasteiger partial charge in [-0.2, -0.15) is 0 Å². The van der Waals surface area contributed by atoms with Crippen LogP contribution in [0.1, 0.15) is 29.8 Å². The maximum Gasteiger partial charge on any atom is 0.259 e. The van der Waals surface area contributed by atoms with Gasteiger partial charge in [0.1, 0.15) is 17.7 Å². The molecule has 0 aliphatic carbocycles. The highest BCUT2D eigenvalue weighted by Crippen LogP contribution is 2.32. The lowest BCUT2D eigenvalue weighted by molar-refractivity contribution is 0.102. The number of furan rings is 1. The third-order valence-corrected chi connectivity index (χ3v) is 6.83. The first-order valence-electron chi connectivity index (χ1n) is 11.4. The molecule has 0 unspecified atom stereocenters. The van der Waals surface area contributed by atoms with E-state index in [1.54, 1.807) is 18.6 Å².